The number of carbonyl (C=O) groups excluding carboxylic acids is 16. The van der Waals surface area contributed by atoms with Crippen LogP contribution in [-0.2, 0) is 112 Å². The van der Waals surface area contributed by atoms with Crippen LogP contribution in [0.15, 0.2) is 97.7 Å². The monoisotopic (exact) mass is 1850 g/mol. The van der Waals surface area contributed by atoms with Crippen LogP contribution in [0.4, 0.5) is 0 Å². The fourth-order valence-electron chi connectivity index (χ4n) is 17.0. The van der Waals surface area contributed by atoms with Crippen LogP contribution in [0.2, 0.25) is 0 Å². The molecule has 4 saturated heterocycles. The number of hydrogen-bond acceptors (Lipinski definition) is 22. The Kier molecular flexibility index (Phi) is 36.5. The summed E-state index contributed by atoms with van der Waals surface area (Å²) in [7, 11) is 2.75. The molecule has 7 heterocycles. The number of phenolic OH excluding ortho intramolecular Hbond substituents is 1. The maximum absolute atomic E-state index is 15.7. The van der Waals surface area contributed by atoms with Gasteiger partial charge in [-0.2, -0.15) is 0 Å². The van der Waals surface area contributed by atoms with Gasteiger partial charge in [0.2, 0.25) is 94.5 Å². The van der Waals surface area contributed by atoms with E-state index in [4.69, 9.17) is 11.5 Å². The highest BCUT2D eigenvalue weighted by Crippen LogP contribution is 2.29. The molecule has 4 aliphatic rings. The summed E-state index contributed by atoms with van der Waals surface area (Å²) in [6.45, 7) is 3.71. The van der Waals surface area contributed by atoms with Crippen LogP contribution < -0.4 is 64.6 Å². The topological polar surface area (TPSA) is 617 Å². The summed E-state index contributed by atoms with van der Waals surface area (Å²) in [5.41, 5.74) is 14.7. The number of fused-ring (bicyclic) bond motifs is 5. The zero-order valence-corrected chi connectivity index (χ0v) is 75.2. The molecule has 3 aromatic carbocycles. The number of phenols is 1. The van der Waals surface area contributed by atoms with E-state index in [1.165, 1.54) is 67.6 Å². The van der Waals surface area contributed by atoms with E-state index in [9.17, 15) is 63.3 Å². The Morgan fingerprint density at radius 3 is 1.52 bits per heavy atom. The summed E-state index contributed by atoms with van der Waals surface area (Å²) >= 11 is 0.788. The highest BCUT2D eigenvalue weighted by atomic mass is 32.2. The number of aromatic nitrogens is 4. The first-order valence-corrected chi connectivity index (χ1v) is 45.6. The van der Waals surface area contributed by atoms with Crippen molar-refractivity contribution in [1.29, 1.82) is 0 Å². The number of carboxylic acid groups (broad SMARTS) is 2. The van der Waals surface area contributed by atoms with Crippen molar-refractivity contribution in [2.75, 3.05) is 58.3 Å². The number of carbonyl (C=O) groups is 18. The number of hydrogen-bond donors (Lipinski definition) is 18. The SMILES string of the molecule is CCCC[C@@H]1C(=O)N(C)[C@H](CCCC)C(=O)N[C@@H](C)C(=O)N[C@@H](C(=O)NCC(N)=O)CSCC(=O)N[C@@H](Cc2ccc(O)cc2)C(=O)N2CCCC2C(=O)N[C@H](CC(=O)O)C(=O)N2CCC[C@H]2C(=O)N[C@H](Cc2c[nH]cn2)C(=O)N[C@@H](CCC(=O)O)C(=O)N2CCCC2C(=O)N[C@H](Cc2c[nH]c3ccccc23)C(=O)N[C@@H](CCN)C(=O)N[C@@H](Cc2c[nH]c3ccccc23)C(=O)N1C. The van der Waals surface area contributed by atoms with Crippen LogP contribution in [-0.4, -0.2) is 309 Å². The summed E-state index contributed by atoms with van der Waals surface area (Å²) in [6, 6.07) is -1.37. The maximum atomic E-state index is 15.7. The van der Waals surface area contributed by atoms with Crippen LogP contribution in [0, 0.1) is 0 Å². The standard InChI is InChI=1S/C89H119N21O21S/c1-6-8-21-67-81(123)97-49(3)76(118)105-66(77(119)95-45-72(91)112)46-132-47-73(113)98-63(37-50-26-28-54(111)29-27-50)87(129)109-35-16-25-70(109)84(126)104-65(41-75(116)117)88(130)110-36-15-24-69(110)83(125)102-62(40-53-44-92-48-96-53)80(122)100-60(30-31-74(114)115)86(128)108-34-14-23-68(108)82(124)101-61(38-51-42-93-57-19-12-10-17-55(51)57)79(121)99-59(32-33-90)78(120)103-64(39-52-43-94-58-20-13-11-18-56(52)58)85(127)107(5)71(22-9-7-2)89(131)106(67)4/h10-13,17-20,26-29,42-44,48-49,59-71,93-94,111H,6-9,14-16,21-25,30-41,45-47,90H2,1-5H3,(H2,91,112)(H,92,96)(H,95,119)(H,97,123)(H,98,113)(H,99,121)(H,100,122)(H,101,124)(H,102,125)(H,103,120)(H,104,126)(H,105,118)(H,114,115)(H,116,117)/t49-,59-,60-,61+,62+,63-,64-,65+,66+,67+,68?,69-,70?,71+/m0/s1. The van der Waals surface area contributed by atoms with E-state index < -0.39 is 228 Å². The predicted molar refractivity (Wildman–Crippen MR) is 480 cm³/mol. The number of H-pyrrole nitrogens is 3. The van der Waals surface area contributed by atoms with Gasteiger partial charge in [0.15, 0.2) is 0 Å². The molecular weight excluding hydrogens is 1730 g/mol. The summed E-state index contributed by atoms with van der Waals surface area (Å²) in [4.78, 5) is 280. The zero-order chi connectivity index (χ0) is 95.6. The Bertz CT molecular complexity index is 5160. The summed E-state index contributed by atoms with van der Waals surface area (Å²) in [5, 5.41) is 58.4. The van der Waals surface area contributed by atoms with Crippen molar-refractivity contribution in [1.82, 2.24) is 97.6 Å². The van der Waals surface area contributed by atoms with E-state index in [1.807, 2.05) is 13.8 Å². The Labute approximate surface area is 765 Å². The Morgan fingerprint density at radius 2 is 0.985 bits per heavy atom. The lowest BCUT2D eigenvalue weighted by molar-refractivity contribution is -0.149. The van der Waals surface area contributed by atoms with E-state index in [2.05, 4.69) is 73.1 Å². The first-order valence-electron chi connectivity index (χ1n) is 44.5. The molecular formula is C89H119N21O21S. The minimum absolute atomic E-state index is 0.0205. The van der Waals surface area contributed by atoms with Crippen LogP contribution in [0.25, 0.3) is 21.8 Å². The summed E-state index contributed by atoms with van der Waals surface area (Å²) in [6.07, 6.45) is 4.58. The quantitative estimate of drug-likeness (QED) is 0.0337. The molecule has 132 heavy (non-hydrogen) atoms. The van der Waals surface area contributed by atoms with Crippen molar-refractivity contribution >= 4 is 140 Å². The number of rotatable bonds is 24. The van der Waals surface area contributed by atoms with Crippen LogP contribution >= 0.6 is 11.8 Å². The van der Waals surface area contributed by atoms with Gasteiger partial charge in [0.1, 0.15) is 90.3 Å². The second-order valence-corrected chi connectivity index (χ2v) is 34.7. The van der Waals surface area contributed by atoms with Gasteiger partial charge < -0.3 is 119 Å². The number of primary amides is 1. The lowest BCUT2D eigenvalue weighted by atomic mass is 10.00. The number of aromatic hydroxyl groups is 1. The van der Waals surface area contributed by atoms with E-state index in [1.54, 1.807) is 60.9 Å². The molecule has 14 atom stereocenters. The van der Waals surface area contributed by atoms with E-state index in [0.29, 0.717) is 64.2 Å². The van der Waals surface area contributed by atoms with Gasteiger partial charge in [0, 0.05) is 112 Å². The molecule has 2 unspecified atom stereocenters. The summed E-state index contributed by atoms with van der Waals surface area (Å²) < 4.78 is 0. The molecule has 0 saturated carbocycles. The van der Waals surface area contributed by atoms with Gasteiger partial charge in [-0.1, -0.05) is 88.1 Å². The van der Waals surface area contributed by atoms with Crippen LogP contribution in [0.5, 0.6) is 5.75 Å². The third-order valence-corrected chi connectivity index (χ3v) is 25.2. The fourth-order valence-corrected chi connectivity index (χ4v) is 17.9. The van der Waals surface area contributed by atoms with Crippen LogP contribution in [0.3, 0.4) is 0 Å². The number of imidazole rings is 1. The number of thioether (sulfide) groups is 1. The molecule has 0 bridgehead atoms. The number of carboxylic acids is 2. The molecule has 0 spiro atoms. The normalized spacial score (nSPS) is 24.9. The lowest BCUT2D eigenvalue weighted by Gasteiger charge is -2.36. The number of likely N-dealkylation sites (N-methyl/N-ethyl adjacent to an activating group) is 2. The molecule has 4 aliphatic heterocycles. The van der Waals surface area contributed by atoms with Crippen molar-refractivity contribution in [2.45, 2.75) is 234 Å². The van der Waals surface area contributed by atoms with E-state index >= 15 is 38.4 Å². The second-order valence-electron chi connectivity index (χ2n) is 33.6. The van der Waals surface area contributed by atoms with Gasteiger partial charge in [-0.3, -0.25) is 86.3 Å². The molecule has 6 aromatic rings. The van der Waals surface area contributed by atoms with Crippen molar-refractivity contribution in [3.63, 3.8) is 0 Å². The van der Waals surface area contributed by atoms with Gasteiger partial charge in [-0.15, -0.1) is 11.8 Å². The predicted octanol–water partition coefficient (Wildman–Crippen LogP) is -1.22. The van der Waals surface area contributed by atoms with Crippen molar-refractivity contribution in [2.24, 2.45) is 11.5 Å². The molecule has 43 heteroatoms. The number of unbranched alkanes of at least 4 members (excludes halogenated alkanes) is 2. The molecule has 10 rings (SSSR count). The molecule has 0 radical (unpaired) electrons. The molecule has 16 amide bonds. The number of nitrogens with one attached hydrogen (secondary N) is 13. The van der Waals surface area contributed by atoms with Gasteiger partial charge in [-0.05, 0) is 119 Å². The number of benzene rings is 3. The average Bonchev–Trinajstić information content (AvgIpc) is 1.53. The van der Waals surface area contributed by atoms with Gasteiger partial charge in [0.05, 0.1) is 30.7 Å². The molecule has 20 N–H and O–H groups in total. The Hall–Kier alpha value is -13.5. The number of nitrogens with zero attached hydrogens (tertiary/aromatic N) is 6. The van der Waals surface area contributed by atoms with E-state index in [-0.39, 0.29) is 121 Å². The van der Waals surface area contributed by atoms with Crippen LogP contribution in [0.1, 0.15) is 146 Å². The molecule has 3 aromatic heterocycles. The largest absolute Gasteiger partial charge is 0.508 e. The molecule has 0 aliphatic carbocycles. The molecule has 4 fully saturated rings. The maximum Gasteiger partial charge on any atom is 0.305 e. The highest BCUT2D eigenvalue weighted by Gasteiger charge is 2.47. The lowest BCUT2D eigenvalue weighted by Crippen LogP contribution is -2.61. The zero-order valence-electron chi connectivity index (χ0n) is 74.3. The van der Waals surface area contributed by atoms with Gasteiger partial charge in [0.25, 0.3) is 0 Å². The average molecular weight is 1850 g/mol. The Morgan fingerprint density at radius 1 is 0.500 bits per heavy atom. The van der Waals surface area contributed by atoms with E-state index in [0.717, 1.165) is 26.5 Å². The molecule has 712 valence electrons. The number of amides is 16. The minimum Gasteiger partial charge on any atom is -0.508 e. The number of aliphatic carboxylic acids is 2. The first-order chi connectivity index (χ1) is 63.2. The summed E-state index contributed by atoms with van der Waals surface area (Å²) in [5.74, 6) is -18.5. The first kappa shape index (κ1) is 101. The third-order valence-electron chi connectivity index (χ3n) is 24.1. The number of para-hydroxylation sites is 2. The number of aromatic amines is 3. The number of nitrogens with two attached hydrogens (primary N) is 2. The second kappa shape index (κ2) is 47.9. The Balaban J connectivity index is 1.00. The fraction of sp³-hybridized carbons (Fsp3) is 0.517. The smallest absolute Gasteiger partial charge is 0.305 e. The third kappa shape index (κ3) is 26.9. The minimum atomic E-state index is -1.89. The molecule has 42 nitrogen and oxygen atoms in total. The van der Waals surface area contributed by atoms with Gasteiger partial charge >= 0.3 is 11.9 Å². The van der Waals surface area contributed by atoms with Crippen molar-refractivity contribution in [3.8, 4) is 5.75 Å². The highest BCUT2D eigenvalue weighted by molar-refractivity contribution is 8.00. The van der Waals surface area contributed by atoms with Crippen molar-refractivity contribution < 1.29 is 102 Å². The van der Waals surface area contributed by atoms with Crippen molar-refractivity contribution in [3.05, 3.63) is 120 Å². The van der Waals surface area contributed by atoms with Gasteiger partial charge in [-0.25, -0.2) is 4.98 Å².